The summed E-state index contributed by atoms with van der Waals surface area (Å²) in [4.78, 5) is 28.3. The van der Waals surface area contributed by atoms with Crippen LogP contribution in [0, 0.1) is 0 Å². The molecule has 0 fully saturated rings. The van der Waals surface area contributed by atoms with E-state index in [0.29, 0.717) is 5.02 Å². The molecule has 0 aliphatic carbocycles. The van der Waals surface area contributed by atoms with E-state index in [1.165, 1.54) is 0 Å². The summed E-state index contributed by atoms with van der Waals surface area (Å²) in [5.41, 5.74) is 1.98. The van der Waals surface area contributed by atoms with Crippen LogP contribution in [0.2, 0.25) is 5.02 Å². The van der Waals surface area contributed by atoms with Gasteiger partial charge in [0.2, 0.25) is 0 Å². The Hall–Kier alpha value is -2.99. The van der Waals surface area contributed by atoms with Crippen molar-refractivity contribution in [2.24, 2.45) is 0 Å². The lowest BCUT2D eigenvalue weighted by atomic mass is 10.0. The predicted molar refractivity (Wildman–Crippen MR) is 116 cm³/mol. The van der Waals surface area contributed by atoms with E-state index in [0.717, 1.165) is 22.0 Å². The van der Waals surface area contributed by atoms with Crippen molar-refractivity contribution >= 4 is 34.6 Å². The molecule has 1 heterocycles. The van der Waals surface area contributed by atoms with Crippen molar-refractivity contribution < 1.29 is 19.1 Å². The molecule has 1 aromatic heterocycles. The Kier molecular flexibility index (Phi) is 6.67. The van der Waals surface area contributed by atoms with E-state index >= 15 is 0 Å². The number of nitrogens with one attached hydrogen (secondary N) is 2. The zero-order chi connectivity index (χ0) is 21.7. The van der Waals surface area contributed by atoms with Gasteiger partial charge in [0.05, 0.1) is 0 Å². The van der Waals surface area contributed by atoms with E-state index < -0.39 is 23.7 Å². The zero-order valence-corrected chi connectivity index (χ0v) is 18.0. The molecular formula is C23H25ClN2O4. The first-order valence-corrected chi connectivity index (χ1v) is 10.0. The standard InChI is InChI=1S/C23H25ClN2O4/c1-23(2,3)30-21(27)20(12-16-13-25-19-7-5-4-6-18(16)19)26-22(28)29-14-15-8-10-17(24)11-9-15/h4-11,13,20,25H,12,14H2,1-3H3,(H,26,28). The number of carbonyl (C=O) groups is 2. The van der Waals surface area contributed by atoms with Gasteiger partial charge in [-0.15, -0.1) is 0 Å². The van der Waals surface area contributed by atoms with Crippen molar-refractivity contribution in [3.05, 3.63) is 70.9 Å². The minimum absolute atomic E-state index is 0.0666. The summed E-state index contributed by atoms with van der Waals surface area (Å²) in [5.74, 6) is -0.517. The van der Waals surface area contributed by atoms with Gasteiger partial charge in [-0.1, -0.05) is 41.9 Å². The number of hydrogen-bond donors (Lipinski definition) is 2. The average Bonchev–Trinajstić information content (AvgIpc) is 3.09. The van der Waals surface area contributed by atoms with Crippen molar-refractivity contribution in [2.75, 3.05) is 0 Å². The van der Waals surface area contributed by atoms with Crippen LogP contribution in [0.3, 0.4) is 0 Å². The van der Waals surface area contributed by atoms with Gasteiger partial charge in [-0.3, -0.25) is 0 Å². The van der Waals surface area contributed by atoms with E-state index in [1.807, 2.05) is 30.5 Å². The maximum atomic E-state index is 12.8. The SMILES string of the molecule is CC(C)(C)OC(=O)C(Cc1c[nH]c2ccccc12)NC(=O)OCc1ccc(Cl)cc1. The number of benzene rings is 2. The molecule has 7 heteroatoms. The third-order valence-corrected chi connectivity index (χ3v) is 4.62. The van der Waals surface area contributed by atoms with Gasteiger partial charge in [0.15, 0.2) is 0 Å². The Morgan fingerprint density at radius 1 is 1.10 bits per heavy atom. The summed E-state index contributed by atoms with van der Waals surface area (Å²) >= 11 is 5.87. The van der Waals surface area contributed by atoms with Crippen LogP contribution in [-0.2, 0) is 27.3 Å². The van der Waals surface area contributed by atoms with E-state index in [-0.39, 0.29) is 13.0 Å². The second-order valence-electron chi connectivity index (χ2n) is 8.00. The van der Waals surface area contributed by atoms with Crippen LogP contribution in [0.1, 0.15) is 31.9 Å². The Bertz CT molecular complexity index is 1020. The van der Waals surface area contributed by atoms with Crippen LogP contribution in [0.5, 0.6) is 0 Å². The summed E-state index contributed by atoms with van der Waals surface area (Å²) in [6, 6.07) is 13.9. The van der Waals surface area contributed by atoms with Crippen molar-refractivity contribution in [3.8, 4) is 0 Å². The number of alkyl carbamates (subject to hydrolysis) is 1. The average molecular weight is 429 g/mol. The van der Waals surface area contributed by atoms with E-state index in [9.17, 15) is 9.59 Å². The lowest BCUT2D eigenvalue weighted by molar-refractivity contribution is -0.157. The number of esters is 1. The van der Waals surface area contributed by atoms with Gasteiger partial charge in [-0.05, 0) is 50.1 Å². The van der Waals surface area contributed by atoms with Crippen LogP contribution >= 0.6 is 11.6 Å². The summed E-state index contributed by atoms with van der Waals surface area (Å²) < 4.78 is 10.8. The fourth-order valence-electron chi connectivity index (χ4n) is 3.00. The van der Waals surface area contributed by atoms with Crippen LogP contribution < -0.4 is 5.32 Å². The van der Waals surface area contributed by atoms with E-state index in [2.05, 4.69) is 10.3 Å². The van der Waals surface area contributed by atoms with Crippen molar-refractivity contribution in [1.29, 1.82) is 0 Å². The molecule has 3 aromatic rings. The minimum atomic E-state index is -0.888. The minimum Gasteiger partial charge on any atom is -0.458 e. The van der Waals surface area contributed by atoms with Crippen LogP contribution in [0.4, 0.5) is 4.79 Å². The third-order valence-electron chi connectivity index (χ3n) is 4.37. The Labute approximate surface area is 180 Å². The molecular weight excluding hydrogens is 404 g/mol. The highest BCUT2D eigenvalue weighted by molar-refractivity contribution is 6.30. The topological polar surface area (TPSA) is 80.4 Å². The normalized spacial score (nSPS) is 12.4. The number of H-pyrrole nitrogens is 1. The number of fused-ring (bicyclic) bond motifs is 1. The number of amides is 1. The molecule has 2 N–H and O–H groups in total. The first-order valence-electron chi connectivity index (χ1n) is 9.67. The highest BCUT2D eigenvalue weighted by Crippen LogP contribution is 2.20. The molecule has 1 atom stereocenters. The highest BCUT2D eigenvalue weighted by atomic mass is 35.5. The largest absolute Gasteiger partial charge is 0.458 e. The number of ether oxygens (including phenoxy) is 2. The number of aromatic amines is 1. The fraction of sp³-hybridized carbons (Fsp3) is 0.304. The first-order chi connectivity index (χ1) is 14.2. The maximum absolute atomic E-state index is 12.8. The van der Waals surface area contributed by atoms with E-state index in [4.69, 9.17) is 21.1 Å². The van der Waals surface area contributed by atoms with Gasteiger partial charge < -0.3 is 19.8 Å². The van der Waals surface area contributed by atoms with Crippen LogP contribution in [0.25, 0.3) is 10.9 Å². The summed E-state index contributed by atoms with van der Waals surface area (Å²) in [6.45, 7) is 5.42. The number of carbonyl (C=O) groups excluding carboxylic acids is 2. The van der Waals surface area contributed by atoms with Crippen LogP contribution in [0.15, 0.2) is 54.7 Å². The molecule has 30 heavy (non-hydrogen) atoms. The lowest BCUT2D eigenvalue weighted by Crippen LogP contribution is -2.45. The highest BCUT2D eigenvalue weighted by Gasteiger charge is 2.28. The van der Waals surface area contributed by atoms with Crippen molar-refractivity contribution in [3.63, 3.8) is 0 Å². The molecule has 0 saturated heterocycles. The molecule has 0 radical (unpaired) electrons. The Morgan fingerprint density at radius 2 is 1.80 bits per heavy atom. The zero-order valence-electron chi connectivity index (χ0n) is 17.2. The molecule has 1 unspecified atom stereocenters. The number of para-hydroxylation sites is 1. The number of rotatable bonds is 6. The molecule has 3 rings (SSSR count). The fourth-order valence-corrected chi connectivity index (χ4v) is 3.13. The molecule has 1 amide bonds. The first kappa shape index (κ1) is 21.7. The second-order valence-corrected chi connectivity index (χ2v) is 8.43. The molecule has 0 bridgehead atoms. The summed E-state index contributed by atoms with van der Waals surface area (Å²) in [6.07, 6.45) is 1.42. The number of halogens is 1. The Balaban J connectivity index is 1.71. The summed E-state index contributed by atoms with van der Waals surface area (Å²) in [5, 5.41) is 4.24. The Morgan fingerprint density at radius 3 is 2.50 bits per heavy atom. The predicted octanol–water partition coefficient (Wildman–Crippen LogP) is 5.00. The summed E-state index contributed by atoms with van der Waals surface area (Å²) in [7, 11) is 0. The molecule has 0 aliphatic heterocycles. The molecule has 6 nitrogen and oxygen atoms in total. The van der Waals surface area contributed by atoms with E-state index in [1.54, 1.807) is 45.0 Å². The van der Waals surface area contributed by atoms with Crippen LogP contribution in [-0.4, -0.2) is 28.7 Å². The number of hydrogen-bond acceptors (Lipinski definition) is 4. The molecule has 2 aromatic carbocycles. The van der Waals surface area contributed by atoms with Gasteiger partial charge in [-0.2, -0.15) is 0 Å². The van der Waals surface area contributed by atoms with Crippen molar-refractivity contribution in [2.45, 2.75) is 45.4 Å². The maximum Gasteiger partial charge on any atom is 0.408 e. The van der Waals surface area contributed by atoms with Crippen molar-refractivity contribution in [1.82, 2.24) is 10.3 Å². The van der Waals surface area contributed by atoms with Gasteiger partial charge in [0, 0.05) is 28.5 Å². The third kappa shape index (κ3) is 6.00. The van der Waals surface area contributed by atoms with Gasteiger partial charge >= 0.3 is 12.1 Å². The number of aromatic nitrogens is 1. The molecule has 158 valence electrons. The molecule has 0 aliphatic rings. The molecule has 0 saturated carbocycles. The second kappa shape index (κ2) is 9.22. The monoisotopic (exact) mass is 428 g/mol. The van der Waals surface area contributed by atoms with Gasteiger partial charge in [-0.25, -0.2) is 9.59 Å². The smallest absolute Gasteiger partial charge is 0.408 e. The molecule has 0 spiro atoms. The van der Waals surface area contributed by atoms with Gasteiger partial charge in [0.1, 0.15) is 18.2 Å². The van der Waals surface area contributed by atoms with Gasteiger partial charge in [0.25, 0.3) is 0 Å². The quantitative estimate of drug-likeness (QED) is 0.541. The lowest BCUT2D eigenvalue weighted by Gasteiger charge is -2.24.